The summed E-state index contributed by atoms with van der Waals surface area (Å²) in [6.07, 6.45) is 1.87. The van der Waals surface area contributed by atoms with Crippen LogP contribution in [-0.2, 0) is 6.54 Å². The zero-order valence-corrected chi connectivity index (χ0v) is 11.6. The molecule has 3 rings (SSSR count). The largest absolute Gasteiger partial charge is 0.478 e. The van der Waals surface area contributed by atoms with E-state index in [0.717, 1.165) is 16.5 Å². The first-order valence-electron chi connectivity index (χ1n) is 6.31. The van der Waals surface area contributed by atoms with E-state index in [1.54, 1.807) is 30.3 Å². The van der Waals surface area contributed by atoms with E-state index in [4.69, 9.17) is 16.7 Å². The molecule has 0 bridgehead atoms. The smallest absolute Gasteiger partial charge is 0.335 e. The third kappa shape index (κ3) is 2.62. The van der Waals surface area contributed by atoms with Crippen molar-refractivity contribution in [3.63, 3.8) is 0 Å². The Balaban J connectivity index is 2.01. The Hall–Kier alpha value is -2.33. The number of hydrogen-bond acceptors (Lipinski definition) is 1. The summed E-state index contributed by atoms with van der Waals surface area (Å²) in [6, 6.07) is 11.4. The lowest BCUT2D eigenvalue weighted by atomic mass is 10.1. The highest BCUT2D eigenvalue weighted by Gasteiger charge is 2.08. The van der Waals surface area contributed by atoms with Crippen LogP contribution >= 0.6 is 11.6 Å². The number of fused-ring (bicyclic) bond motifs is 1. The Labute approximate surface area is 125 Å². The monoisotopic (exact) mass is 303 g/mol. The SMILES string of the molecule is O=C(O)c1ccc2ccn(Cc3ccc(F)c(Cl)c3)c2c1. The first kappa shape index (κ1) is 13.6. The topological polar surface area (TPSA) is 42.2 Å². The van der Waals surface area contributed by atoms with Crippen molar-refractivity contribution in [2.75, 3.05) is 0 Å². The Morgan fingerprint density at radius 1 is 1.19 bits per heavy atom. The number of halogens is 2. The van der Waals surface area contributed by atoms with Crippen molar-refractivity contribution in [2.24, 2.45) is 0 Å². The van der Waals surface area contributed by atoms with Gasteiger partial charge in [-0.2, -0.15) is 0 Å². The lowest BCUT2D eigenvalue weighted by molar-refractivity contribution is 0.0697. The van der Waals surface area contributed by atoms with Crippen molar-refractivity contribution < 1.29 is 14.3 Å². The minimum absolute atomic E-state index is 0.0789. The number of aromatic nitrogens is 1. The van der Waals surface area contributed by atoms with E-state index < -0.39 is 11.8 Å². The molecule has 1 N–H and O–H groups in total. The average Bonchev–Trinajstić information content (AvgIpc) is 2.85. The molecule has 0 aliphatic heterocycles. The van der Waals surface area contributed by atoms with Gasteiger partial charge in [0.1, 0.15) is 5.82 Å². The van der Waals surface area contributed by atoms with Gasteiger partial charge in [0.15, 0.2) is 0 Å². The van der Waals surface area contributed by atoms with Crippen LogP contribution in [0.2, 0.25) is 5.02 Å². The molecule has 0 saturated carbocycles. The first-order valence-corrected chi connectivity index (χ1v) is 6.68. The second-order valence-corrected chi connectivity index (χ2v) is 5.18. The lowest BCUT2D eigenvalue weighted by Crippen LogP contribution is -2.00. The summed E-state index contributed by atoms with van der Waals surface area (Å²) in [5.41, 5.74) is 1.90. The van der Waals surface area contributed by atoms with Gasteiger partial charge in [0.25, 0.3) is 0 Å². The van der Waals surface area contributed by atoms with E-state index in [-0.39, 0.29) is 10.6 Å². The Kier molecular flexibility index (Phi) is 3.39. The summed E-state index contributed by atoms with van der Waals surface area (Å²) in [4.78, 5) is 11.0. The minimum Gasteiger partial charge on any atom is -0.478 e. The number of carboxylic acids is 1. The molecule has 2 aromatic carbocycles. The van der Waals surface area contributed by atoms with Gasteiger partial charge in [-0.3, -0.25) is 0 Å². The van der Waals surface area contributed by atoms with Gasteiger partial charge < -0.3 is 9.67 Å². The van der Waals surface area contributed by atoms with Crippen molar-refractivity contribution in [1.29, 1.82) is 0 Å². The summed E-state index contributed by atoms with van der Waals surface area (Å²) in [7, 11) is 0. The van der Waals surface area contributed by atoms with Crippen LogP contribution in [0.1, 0.15) is 15.9 Å². The third-order valence-corrected chi connectivity index (χ3v) is 3.65. The summed E-state index contributed by atoms with van der Waals surface area (Å²) in [5, 5.41) is 10.1. The molecule has 3 nitrogen and oxygen atoms in total. The zero-order valence-electron chi connectivity index (χ0n) is 10.9. The molecule has 1 aromatic heterocycles. The van der Waals surface area contributed by atoms with E-state index in [1.807, 2.05) is 16.8 Å². The molecule has 0 radical (unpaired) electrons. The number of carbonyl (C=O) groups is 1. The Morgan fingerprint density at radius 3 is 2.71 bits per heavy atom. The molecule has 0 atom stereocenters. The van der Waals surface area contributed by atoms with Crippen LogP contribution in [-0.4, -0.2) is 15.6 Å². The molecule has 0 spiro atoms. The number of hydrogen-bond donors (Lipinski definition) is 1. The molecular formula is C16H11ClFNO2. The first-order chi connectivity index (χ1) is 10.0. The Bertz CT molecular complexity index is 841. The number of aromatic carboxylic acids is 1. The van der Waals surface area contributed by atoms with Gasteiger partial charge in [0, 0.05) is 18.3 Å². The fourth-order valence-corrected chi connectivity index (χ4v) is 2.49. The van der Waals surface area contributed by atoms with E-state index in [1.165, 1.54) is 6.07 Å². The van der Waals surface area contributed by atoms with Crippen molar-refractivity contribution in [1.82, 2.24) is 4.57 Å². The molecular weight excluding hydrogens is 293 g/mol. The predicted octanol–water partition coefficient (Wildman–Crippen LogP) is 4.18. The molecule has 0 aliphatic carbocycles. The van der Waals surface area contributed by atoms with Crippen molar-refractivity contribution in [2.45, 2.75) is 6.54 Å². The lowest BCUT2D eigenvalue weighted by Gasteiger charge is -2.07. The fraction of sp³-hybridized carbons (Fsp3) is 0.0625. The van der Waals surface area contributed by atoms with Gasteiger partial charge in [0.2, 0.25) is 0 Å². The highest BCUT2D eigenvalue weighted by Crippen LogP contribution is 2.21. The molecule has 0 amide bonds. The third-order valence-electron chi connectivity index (χ3n) is 3.36. The van der Waals surface area contributed by atoms with Crippen LogP contribution in [0.4, 0.5) is 4.39 Å². The number of carboxylic acid groups (broad SMARTS) is 1. The van der Waals surface area contributed by atoms with Crippen molar-refractivity contribution in [3.8, 4) is 0 Å². The second kappa shape index (κ2) is 5.22. The molecule has 21 heavy (non-hydrogen) atoms. The maximum Gasteiger partial charge on any atom is 0.335 e. The van der Waals surface area contributed by atoms with E-state index >= 15 is 0 Å². The summed E-state index contributed by atoms with van der Waals surface area (Å²) >= 11 is 5.78. The van der Waals surface area contributed by atoms with E-state index in [2.05, 4.69) is 0 Å². The molecule has 0 aliphatic rings. The number of rotatable bonds is 3. The van der Waals surface area contributed by atoms with Gasteiger partial charge in [0.05, 0.1) is 10.6 Å². The van der Waals surface area contributed by atoms with Crippen LogP contribution in [0.25, 0.3) is 10.9 Å². The molecule has 1 heterocycles. The molecule has 0 saturated heterocycles. The summed E-state index contributed by atoms with van der Waals surface area (Å²) in [6.45, 7) is 0.493. The zero-order chi connectivity index (χ0) is 15.0. The average molecular weight is 304 g/mol. The van der Waals surface area contributed by atoms with Crippen LogP contribution in [0.5, 0.6) is 0 Å². The highest BCUT2D eigenvalue weighted by atomic mass is 35.5. The Morgan fingerprint density at radius 2 is 2.00 bits per heavy atom. The summed E-state index contributed by atoms with van der Waals surface area (Å²) in [5.74, 6) is -1.42. The van der Waals surface area contributed by atoms with Crippen LogP contribution < -0.4 is 0 Å². The molecule has 0 fully saturated rings. The van der Waals surface area contributed by atoms with E-state index in [0.29, 0.717) is 6.54 Å². The van der Waals surface area contributed by atoms with Gasteiger partial charge in [-0.1, -0.05) is 23.7 Å². The van der Waals surface area contributed by atoms with Crippen LogP contribution in [0.15, 0.2) is 48.7 Å². The molecule has 5 heteroatoms. The summed E-state index contributed by atoms with van der Waals surface area (Å²) < 4.78 is 15.1. The standard InChI is InChI=1S/C16H11ClFNO2/c17-13-7-10(1-4-14(13)18)9-19-6-5-11-2-3-12(16(20)21)8-15(11)19/h1-8H,9H2,(H,20,21). The van der Waals surface area contributed by atoms with Crippen LogP contribution in [0, 0.1) is 5.82 Å². The van der Waals surface area contributed by atoms with E-state index in [9.17, 15) is 9.18 Å². The minimum atomic E-state index is -0.963. The molecule has 106 valence electrons. The van der Waals surface area contributed by atoms with Gasteiger partial charge in [-0.05, 0) is 41.3 Å². The highest BCUT2D eigenvalue weighted by molar-refractivity contribution is 6.30. The maximum atomic E-state index is 13.2. The normalized spacial score (nSPS) is 11.0. The number of benzene rings is 2. The van der Waals surface area contributed by atoms with Gasteiger partial charge >= 0.3 is 5.97 Å². The predicted molar refractivity (Wildman–Crippen MR) is 79.4 cm³/mol. The number of nitrogens with zero attached hydrogens (tertiary/aromatic N) is 1. The molecule has 0 unspecified atom stereocenters. The van der Waals surface area contributed by atoms with Crippen molar-refractivity contribution >= 4 is 28.5 Å². The van der Waals surface area contributed by atoms with Crippen molar-refractivity contribution in [3.05, 3.63) is 70.6 Å². The van der Waals surface area contributed by atoms with Crippen LogP contribution in [0.3, 0.4) is 0 Å². The van der Waals surface area contributed by atoms with Gasteiger partial charge in [-0.25, -0.2) is 9.18 Å². The fourth-order valence-electron chi connectivity index (χ4n) is 2.29. The van der Waals surface area contributed by atoms with Gasteiger partial charge in [-0.15, -0.1) is 0 Å². The quantitative estimate of drug-likeness (QED) is 0.788. The second-order valence-electron chi connectivity index (χ2n) is 4.77. The molecule has 3 aromatic rings. The maximum absolute atomic E-state index is 13.2.